The highest BCUT2D eigenvalue weighted by Gasteiger charge is 2.13. The van der Waals surface area contributed by atoms with E-state index in [0.717, 1.165) is 16.8 Å². The fourth-order valence-corrected chi connectivity index (χ4v) is 2.92. The van der Waals surface area contributed by atoms with Crippen LogP contribution in [0.15, 0.2) is 65.4 Å². The van der Waals surface area contributed by atoms with Crippen molar-refractivity contribution in [2.24, 2.45) is 0 Å². The molecule has 3 aromatic heterocycles. The van der Waals surface area contributed by atoms with Gasteiger partial charge in [-0.2, -0.15) is 10.1 Å². The van der Waals surface area contributed by atoms with Crippen LogP contribution in [0, 0.1) is 6.92 Å². The van der Waals surface area contributed by atoms with E-state index < -0.39 is 0 Å². The molecule has 8 heteroatoms. The number of carbonyl (C=O) groups excluding carboxylic acids is 1. The van der Waals surface area contributed by atoms with E-state index in [-0.39, 0.29) is 12.3 Å². The molecule has 0 fully saturated rings. The van der Waals surface area contributed by atoms with Crippen LogP contribution in [0.2, 0.25) is 0 Å². The molecule has 4 rings (SSSR count). The number of nitrogens with zero attached hydrogens (tertiary/aromatic N) is 5. The molecule has 8 nitrogen and oxygen atoms in total. The van der Waals surface area contributed by atoms with E-state index in [2.05, 4.69) is 25.5 Å². The van der Waals surface area contributed by atoms with E-state index >= 15 is 0 Å². The maximum atomic E-state index is 12.4. The molecule has 0 unspecified atom stereocenters. The van der Waals surface area contributed by atoms with Gasteiger partial charge in [0.05, 0.1) is 12.2 Å². The first kappa shape index (κ1) is 18.5. The SMILES string of the molecule is Cc1cc(NC(=O)CCc2nc(-c3ccncc3)no2)n(Cc2ccccc2)n1. The molecule has 4 aromatic rings. The van der Waals surface area contributed by atoms with Crippen LogP contribution in [-0.2, 0) is 17.8 Å². The highest BCUT2D eigenvalue weighted by molar-refractivity contribution is 5.90. The fraction of sp³-hybridized carbons (Fsp3) is 0.190. The normalized spacial score (nSPS) is 10.8. The molecule has 0 bridgehead atoms. The Morgan fingerprint density at radius 2 is 1.93 bits per heavy atom. The zero-order valence-corrected chi connectivity index (χ0v) is 15.9. The number of carbonyl (C=O) groups is 1. The summed E-state index contributed by atoms with van der Waals surface area (Å²) >= 11 is 0. The second-order valence-corrected chi connectivity index (χ2v) is 6.61. The van der Waals surface area contributed by atoms with Gasteiger partial charge in [0, 0.05) is 36.9 Å². The van der Waals surface area contributed by atoms with Crippen LogP contribution in [0.4, 0.5) is 5.82 Å². The summed E-state index contributed by atoms with van der Waals surface area (Å²) in [6, 6.07) is 15.4. The van der Waals surface area contributed by atoms with Gasteiger partial charge < -0.3 is 9.84 Å². The van der Waals surface area contributed by atoms with Gasteiger partial charge in [0.2, 0.25) is 17.6 Å². The van der Waals surface area contributed by atoms with Gasteiger partial charge in [-0.1, -0.05) is 35.5 Å². The average Bonchev–Trinajstić information content (AvgIpc) is 3.34. The van der Waals surface area contributed by atoms with Gasteiger partial charge in [-0.3, -0.25) is 9.78 Å². The number of amides is 1. The molecule has 0 spiro atoms. The van der Waals surface area contributed by atoms with Crippen molar-refractivity contribution in [3.05, 3.63) is 78.1 Å². The summed E-state index contributed by atoms with van der Waals surface area (Å²) in [7, 11) is 0. The third-order valence-electron chi connectivity index (χ3n) is 4.32. The molecule has 0 saturated heterocycles. The van der Waals surface area contributed by atoms with Gasteiger partial charge in [-0.15, -0.1) is 0 Å². The number of hydrogen-bond acceptors (Lipinski definition) is 6. The first-order chi connectivity index (χ1) is 14.2. The van der Waals surface area contributed by atoms with Crippen molar-refractivity contribution in [1.82, 2.24) is 24.9 Å². The van der Waals surface area contributed by atoms with Gasteiger partial charge >= 0.3 is 0 Å². The van der Waals surface area contributed by atoms with Crippen molar-refractivity contribution in [2.45, 2.75) is 26.3 Å². The maximum absolute atomic E-state index is 12.4. The van der Waals surface area contributed by atoms with Crippen LogP contribution in [0.1, 0.15) is 23.6 Å². The highest BCUT2D eigenvalue weighted by atomic mass is 16.5. The number of hydrogen-bond donors (Lipinski definition) is 1. The number of benzene rings is 1. The Labute approximate surface area is 167 Å². The predicted molar refractivity (Wildman–Crippen MR) is 107 cm³/mol. The third kappa shape index (κ3) is 4.73. The second kappa shape index (κ2) is 8.47. The number of rotatable bonds is 7. The largest absolute Gasteiger partial charge is 0.339 e. The fourth-order valence-electron chi connectivity index (χ4n) is 2.92. The molecule has 1 amide bonds. The number of anilines is 1. The Kier molecular flexibility index (Phi) is 5.42. The van der Waals surface area contributed by atoms with E-state index in [1.54, 1.807) is 29.2 Å². The second-order valence-electron chi connectivity index (χ2n) is 6.61. The first-order valence-electron chi connectivity index (χ1n) is 9.28. The Morgan fingerprint density at radius 3 is 2.72 bits per heavy atom. The third-order valence-corrected chi connectivity index (χ3v) is 4.32. The van der Waals surface area contributed by atoms with Crippen LogP contribution < -0.4 is 5.32 Å². The summed E-state index contributed by atoms with van der Waals surface area (Å²) < 4.78 is 7.04. The minimum Gasteiger partial charge on any atom is -0.339 e. The lowest BCUT2D eigenvalue weighted by atomic mass is 10.2. The summed E-state index contributed by atoms with van der Waals surface area (Å²) in [5, 5.41) is 11.3. The smallest absolute Gasteiger partial charge is 0.227 e. The van der Waals surface area contributed by atoms with Crippen molar-refractivity contribution in [3.8, 4) is 11.4 Å². The van der Waals surface area contributed by atoms with E-state index in [1.165, 1.54) is 0 Å². The molecule has 146 valence electrons. The molecule has 0 saturated carbocycles. The molecular formula is C21H20N6O2. The number of pyridine rings is 1. The Hall–Kier alpha value is -3.81. The number of aromatic nitrogens is 5. The Bertz CT molecular complexity index is 1090. The number of nitrogens with one attached hydrogen (secondary N) is 1. The summed E-state index contributed by atoms with van der Waals surface area (Å²) in [6.45, 7) is 2.49. The van der Waals surface area contributed by atoms with Crippen LogP contribution in [0.25, 0.3) is 11.4 Å². The van der Waals surface area contributed by atoms with Crippen molar-refractivity contribution in [2.75, 3.05) is 5.32 Å². The van der Waals surface area contributed by atoms with E-state index in [1.807, 2.05) is 43.3 Å². The maximum Gasteiger partial charge on any atom is 0.227 e. The molecule has 1 N–H and O–H groups in total. The van der Waals surface area contributed by atoms with Gasteiger partial charge in [0.25, 0.3) is 0 Å². The zero-order chi connectivity index (χ0) is 20.1. The highest BCUT2D eigenvalue weighted by Crippen LogP contribution is 2.16. The molecule has 0 atom stereocenters. The molecule has 1 aromatic carbocycles. The lowest BCUT2D eigenvalue weighted by Gasteiger charge is -2.08. The molecule has 0 radical (unpaired) electrons. The minimum atomic E-state index is -0.136. The summed E-state index contributed by atoms with van der Waals surface area (Å²) in [5.41, 5.74) is 2.77. The molecular weight excluding hydrogens is 368 g/mol. The van der Waals surface area contributed by atoms with Crippen molar-refractivity contribution < 1.29 is 9.32 Å². The molecule has 0 aliphatic rings. The van der Waals surface area contributed by atoms with E-state index in [9.17, 15) is 4.79 Å². The zero-order valence-electron chi connectivity index (χ0n) is 15.9. The lowest BCUT2D eigenvalue weighted by Crippen LogP contribution is -2.16. The minimum absolute atomic E-state index is 0.136. The van der Waals surface area contributed by atoms with Crippen LogP contribution >= 0.6 is 0 Å². The molecule has 3 heterocycles. The number of aryl methyl sites for hydroxylation is 2. The topological polar surface area (TPSA) is 98.7 Å². The van der Waals surface area contributed by atoms with E-state index in [0.29, 0.717) is 30.5 Å². The lowest BCUT2D eigenvalue weighted by molar-refractivity contribution is -0.116. The Balaban J connectivity index is 1.36. The Morgan fingerprint density at radius 1 is 1.14 bits per heavy atom. The molecule has 0 aliphatic carbocycles. The standard InChI is InChI=1S/C21H20N6O2/c1-15-13-18(27(25-15)14-16-5-3-2-4-6-16)23-19(28)7-8-20-24-21(26-29-20)17-9-11-22-12-10-17/h2-6,9-13H,7-8,14H2,1H3,(H,23,28). The van der Waals surface area contributed by atoms with Crippen molar-refractivity contribution in [1.29, 1.82) is 0 Å². The summed E-state index contributed by atoms with van der Waals surface area (Å²) in [6.07, 6.45) is 3.92. The average molecular weight is 388 g/mol. The quantitative estimate of drug-likeness (QED) is 0.522. The van der Waals surface area contributed by atoms with Crippen molar-refractivity contribution >= 4 is 11.7 Å². The molecule has 0 aliphatic heterocycles. The monoisotopic (exact) mass is 388 g/mol. The van der Waals surface area contributed by atoms with Gasteiger partial charge in [0.15, 0.2) is 0 Å². The van der Waals surface area contributed by atoms with Gasteiger partial charge in [-0.25, -0.2) is 4.68 Å². The molecule has 29 heavy (non-hydrogen) atoms. The van der Waals surface area contributed by atoms with Gasteiger partial charge in [-0.05, 0) is 24.6 Å². The van der Waals surface area contributed by atoms with Crippen molar-refractivity contribution in [3.63, 3.8) is 0 Å². The summed E-state index contributed by atoms with van der Waals surface area (Å²) in [4.78, 5) is 20.7. The van der Waals surface area contributed by atoms with Crippen LogP contribution in [0.5, 0.6) is 0 Å². The predicted octanol–water partition coefficient (Wildman–Crippen LogP) is 3.26. The van der Waals surface area contributed by atoms with E-state index in [4.69, 9.17) is 4.52 Å². The van der Waals surface area contributed by atoms with Crippen LogP contribution in [0.3, 0.4) is 0 Å². The van der Waals surface area contributed by atoms with Crippen LogP contribution in [-0.4, -0.2) is 30.8 Å². The summed E-state index contributed by atoms with van der Waals surface area (Å²) in [5.74, 6) is 1.43. The van der Waals surface area contributed by atoms with Gasteiger partial charge in [0.1, 0.15) is 5.82 Å². The first-order valence-corrected chi connectivity index (χ1v) is 9.28.